The SMILES string of the molecule is COc1cccc([C@H]2Nc3ccc([N+](=O)[O-])cc3[C@@H]3C=CC[C@@H]23)c1OC. The van der Waals surface area contributed by atoms with Crippen molar-refractivity contribution in [3.8, 4) is 11.5 Å². The Balaban J connectivity index is 1.81. The molecule has 0 spiro atoms. The molecule has 0 saturated heterocycles. The number of ether oxygens (including phenoxy) is 2. The van der Waals surface area contributed by atoms with E-state index in [4.69, 9.17) is 9.47 Å². The number of nitro benzene ring substituents is 1. The molecule has 1 aliphatic heterocycles. The van der Waals surface area contributed by atoms with Crippen LogP contribution in [0, 0.1) is 16.0 Å². The number of rotatable bonds is 4. The van der Waals surface area contributed by atoms with Gasteiger partial charge in [0.15, 0.2) is 11.5 Å². The number of para-hydroxylation sites is 1. The van der Waals surface area contributed by atoms with Crippen LogP contribution in [0.1, 0.15) is 29.5 Å². The minimum atomic E-state index is -0.342. The lowest BCUT2D eigenvalue weighted by atomic mass is 9.76. The number of non-ortho nitro benzene ring substituents is 1. The molecule has 0 unspecified atom stereocenters. The largest absolute Gasteiger partial charge is 0.493 e. The highest BCUT2D eigenvalue weighted by atomic mass is 16.6. The molecule has 26 heavy (non-hydrogen) atoms. The number of nitrogens with one attached hydrogen (secondary N) is 1. The molecule has 4 rings (SSSR count). The smallest absolute Gasteiger partial charge is 0.269 e. The van der Waals surface area contributed by atoms with Crippen LogP contribution in [0.25, 0.3) is 0 Å². The number of allylic oxidation sites excluding steroid dienone is 2. The maximum absolute atomic E-state index is 11.2. The Bertz CT molecular complexity index is 893. The second-order valence-electron chi connectivity index (χ2n) is 6.59. The van der Waals surface area contributed by atoms with E-state index in [-0.39, 0.29) is 28.5 Å². The molecule has 6 heteroatoms. The van der Waals surface area contributed by atoms with Gasteiger partial charge in [-0.25, -0.2) is 0 Å². The molecule has 2 aliphatic rings. The van der Waals surface area contributed by atoms with Gasteiger partial charge in [-0.3, -0.25) is 10.1 Å². The first-order valence-electron chi connectivity index (χ1n) is 8.56. The molecular formula is C20H20N2O4. The van der Waals surface area contributed by atoms with Crippen LogP contribution in [-0.4, -0.2) is 19.1 Å². The van der Waals surface area contributed by atoms with Crippen LogP contribution in [0.4, 0.5) is 11.4 Å². The normalized spacial score (nSPS) is 22.9. The second-order valence-corrected chi connectivity index (χ2v) is 6.59. The molecule has 0 radical (unpaired) electrons. The van der Waals surface area contributed by atoms with Crippen LogP contribution >= 0.6 is 0 Å². The summed E-state index contributed by atoms with van der Waals surface area (Å²) in [6, 6.07) is 11.0. The van der Waals surface area contributed by atoms with Gasteiger partial charge in [-0.05, 0) is 30.0 Å². The van der Waals surface area contributed by atoms with Crippen LogP contribution in [0.3, 0.4) is 0 Å². The average Bonchev–Trinajstić information content (AvgIpc) is 3.16. The third kappa shape index (κ3) is 2.49. The van der Waals surface area contributed by atoms with E-state index < -0.39 is 0 Å². The first-order valence-corrected chi connectivity index (χ1v) is 8.56. The van der Waals surface area contributed by atoms with Crippen LogP contribution in [0.5, 0.6) is 11.5 Å². The van der Waals surface area contributed by atoms with Crippen molar-refractivity contribution in [2.24, 2.45) is 5.92 Å². The van der Waals surface area contributed by atoms with E-state index >= 15 is 0 Å². The van der Waals surface area contributed by atoms with Gasteiger partial charge in [-0.1, -0.05) is 24.3 Å². The molecular weight excluding hydrogens is 332 g/mol. The molecule has 134 valence electrons. The Morgan fingerprint density at radius 3 is 2.73 bits per heavy atom. The highest BCUT2D eigenvalue weighted by molar-refractivity contribution is 5.64. The molecule has 0 aromatic heterocycles. The zero-order valence-electron chi connectivity index (χ0n) is 14.6. The lowest BCUT2D eigenvalue weighted by Gasteiger charge is -2.38. The monoisotopic (exact) mass is 352 g/mol. The molecule has 0 amide bonds. The van der Waals surface area contributed by atoms with Gasteiger partial charge in [0.1, 0.15) is 0 Å². The van der Waals surface area contributed by atoms with Crippen LogP contribution in [-0.2, 0) is 0 Å². The highest BCUT2D eigenvalue weighted by Gasteiger charge is 2.40. The van der Waals surface area contributed by atoms with E-state index in [2.05, 4.69) is 17.5 Å². The van der Waals surface area contributed by atoms with E-state index in [1.54, 1.807) is 32.4 Å². The zero-order chi connectivity index (χ0) is 18.3. The number of nitro groups is 1. The summed E-state index contributed by atoms with van der Waals surface area (Å²) in [5.41, 5.74) is 3.07. The Morgan fingerprint density at radius 1 is 1.15 bits per heavy atom. The molecule has 1 N–H and O–H groups in total. The van der Waals surface area contributed by atoms with E-state index in [0.29, 0.717) is 5.75 Å². The highest BCUT2D eigenvalue weighted by Crippen LogP contribution is 2.52. The molecule has 3 atom stereocenters. The number of methoxy groups -OCH3 is 2. The van der Waals surface area contributed by atoms with Crippen molar-refractivity contribution in [2.75, 3.05) is 19.5 Å². The number of anilines is 1. The molecule has 0 saturated carbocycles. The predicted octanol–water partition coefficient (Wildman–Crippen LogP) is 4.44. The van der Waals surface area contributed by atoms with Crippen molar-refractivity contribution in [1.29, 1.82) is 0 Å². The Hall–Kier alpha value is -3.02. The lowest BCUT2D eigenvalue weighted by molar-refractivity contribution is -0.384. The van der Waals surface area contributed by atoms with Crippen LogP contribution in [0.2, 0.25) is 0 Å². The summed E-state index contributed by atoms with van der Waals surface area (Å²) in [7, 11) is 3.27. The maximum Gasteiger partial charge on any atom is 0.269 e. The molecule has 0 fully saturated rings. The third-order valence-electron chi connectivity index (χ3n) is 5.33. The van der Waals surface area contributed by atoms with Gasteiger partial charge in [0.25, 0.3) is 5.69 Å². The molecule has 0 bridgehead atoms. The quantitative estimate of drug-likeness (QED) is 0.500. The summed E-state index contributed by atoms with van der Waals surface area (Å²) in [6.45, 7) is 0. The number of fused-ring (bicyclic) bond motifs is 3. The summed E-state index contributed by atoms with van der Waals surface area (Å²) in [4.78, 5) is 10.8. The number of benzene rings is 2. The molecule has 2 aromatic carbocycles. The fraction of sp³-hybridized carbons (Fsp3) is 0.300. The fourth-order valence-electron chi connectivity index (χ4n) is 4.16. The summed E-state index contributed by atoms with van der Waals surface area (Å²) >= 11 is 0. The van der Waals surface area contributed by atoms with Gasteiger partial charge < -0.3 is 14.8 Å². The Kier molecular flexibility index (Phi) is 4.03. The van der Waals surface area contributed by atoms with Crippen molar-refractivity contribution in [3.63, 3.8) is 0 Å². The summed E-state index contributed by atoms with van der Waals surface area (Å²) in [5.74, 6) is 1.84. The van der Waals surface area contributed by atoms with E-state index in [1.807, 2.05) is 18.2 Å². The van der Waals surface area contributed by atoms with Crippen molar-refractivity contribution < 1.29 is 14.4 Å². The van der Waals surface area contributed by atoms with Gasteiger partial charge in [0.2, 0.25) is 0 Å². The van der Waals surface area contributed by atoms with Crippen molar-refractivity contribution in [2.45, 2.75) is 18.4 Å². The van der Waals surface area contributed by atoms with Gasteiger partial charge >= 0.3 is 0 Å². The van der Waals surface area contributed by atoms with Gasteiger partial charge in [0.05, 0.1) is 25.2 Å². The van der Waals surface area contributed by atoms with Gasteiger partial charge in [-0.15, -0.1) is 0 Å². The maximum atomic E-state index is 11.2. The molecule has 6 nitrogen and oxygen atoms in total. The molecule has 2 aromatic rings. The Labute approximate surface area is 151 Å². The second kappa shape index (κ2) is 6.37. The number of hydrogen-bond donors (Lipinski definition) is 1. The van der Waals surface area contributed by atoms with Crippen molar-refractivity contribution in [3.05, 3.63) is 69.8 Å². The summed E-state index contributed by atoms with van der Waals surface area (Å²) in [6.07, 6.45) is 5.23. The van der Waals surface area contributed by atoms with Crippen molar-refractivity contribution >= 4 is 11.4 Å². The minimum absolute atomic E-state index is 0.0361. The number of hydrogen-bond acceptors (Lipinski definition) is 5. The molecule has 1 aliphatic carbocycles. The fourth-order valence-corrected chi connectivity index (χ4v) is 4.16. The molecule has 1 heterocycles. The van der Waals surface area contributed by atoms with Crippen LogP contribution < -0.4 is 14.8 Å². The van der Waals surface area contributed by atoms with Gasteiger partial charge in [0, 0.05) is 29.3 Å². The van der Waals surface area contributed by atoms with E-state index in [0.717, 1.165) is 29.0 Å². The first-order chi connectivity index (χ1) is 12.6. The summed E-state index contributed by atoms with van der Waals surface area (Å²) < 4.78 is 11.1. The first kappa shape index (κ1) is 16.4. The zero-order valence-corrected chi connectivity index (χ0v) is 14.6. The number of nitrogens with zero attached hydrogens (tertiary/aromatic N) is 1. The third-order valence-corrected chi connectivity index (χ3v) is 5.33. The topological polar surface area (TPSA) is 73.6 Å². The van der Waals surface area contributed by atoms with Crippen LogP contribution in [0.15, 0.2) is 48.6 Å². The van der Waals surface area contributed by atoms with Crippen molar-refractivity contribution in [1.82, 2.24) is 0 Å². The van der Waals surface area contributed by atoms with E-state index in [1.165, 1.54) is 0 Å². The van der Waals surface area contributed by atoms with E-state index in [9.17, 15) is 10.1 Å². The average molecular weight is 352 g/mol. The predicted molar refractivity (Wildman–Crippen MR) is 99.0 cm³/mol. The minimum Gasteiger partial charge on any atom is -0.493 e. The Morgan fingerprint density at radius 2 is 2.00 bits per heavy atom. The standard InChI is InChI=1S/C20H20N2O4/c1-25-18-8-4-7-15(20(18)26-2)19-14-6-3-5-13(14)16-11-12(22(23)24)9-10-17(16)21-19/h3-5,7-11,13-14,19,21H,6H2,1-2H3/t13-,14-,19+/m1/s1. The van der Waals surface area contributed by atoms with Gasteiger partial charge in [-0.2, -0.15) is 0 Å². The summed E-state index contributed by atoms with van der Waals surface area (Å²) in [5, 5.41) is 14.7. The lowest BCUT2D eigenvalue weighted by Crippen LogP contribution is -2.29.